The molecule has 1 aromatic carbocycles. The van der Waals surface area contributed by atoms with E-state index in [0.29, 0.717) is 12.5 Å². The van der Waals surface area contributed by atoms with E-state index in [9.17, 15) is 14.0 Å². The summed E-state index contributed by atoms with van der Waals surface area (Å²) in [5, 5.41) is 2.49. The highest BCUT2D eigenvalue weighted by molar-refractivity contribution is 5.94. The average Bonchev–Trinajstić information content (AvgIpc) is 3.08. The summed E-state index contributed by atoms with van der Waals surface area (Å²) >= 11 is 0. The largest absolute Gasteiger partial charge is 0.321 e. The lowest BCUT2D eigenvalue weighted by atomic mass is 9.68. The number of halogens is 1. The van der Waals surface area contributed by atoms with Crippen molar-refractivity contribution in [1.29, 1.82) is 0 Å². The summed E-state index contributed by atoms with van der Waals surface area (Å²) in [6, 6.07) is 10.5. The van der Waals surface area contributed by atoms with Gasteiger partial charge in [0.2, 0.25) is 5.91 Å². The molecule has 0 bridgehead atoms. The molecular formula is C27H35FN6O2. The third-order valence-electron chi connectivity index (χ3n) is 8.66. The van der Waals surface area contributed by atoms with Gasteiger partial charge in [0.1, 0.15) is 12.9 Å². The van der Waals surface area contributed by atoms with Crippen molar-refractivity contribution >= 4 is 17.8 Å². The topological polar surface area (TPSA) is 81.7 Å². The molecule has 1 aliphatic heterocycles. The van der Waals surface area contributed by atoms with Gasteiger partial charge in [0.25, 0.3) is 0 Å². The molecule has 1 aromatic heterocycles. The lowest BCUT2D eigenvalue weighted by molar-refractivity contribution is -0.116. The molecule has 36 heavy (non-hydrogen) atoms. The summed E-state index contributed by atoms with van der Waals surface area (Å²) < 4.78 is 13.9. The number of nitrogens with zero attached hydrogens (tertiary/aromatic N) is 5. The number of carbonyl (C=O) groups excluding carboxylic acids is 2. The SMILES string of the molecule is CN(C)[C@]1(c2ccccc2)CC[C@]2(CC1)CN(CC(=O)Nc1ncncc1F)C(=O)N2CC1CCC1. The fraction of sp³-hybridized carbons (Fsp3) is 0.556. The minimum absolute atomic E-state index is 0.0764. The van der Waals surface area contributed by atoms with Crippen molar-refractivity contribution in [3.05, 3.63) is 54.2 Å². The number of aromatic nitrogens is 2. The van der Waals surface area contributed by atoms with E-state index in [1.54, 1.807) is 4.90 Å². The van der Waals surface area contributed by atoms with Gasteiger partial charge in [0.15, 0.2) is 11.6 Å². The first kappa shape index (κ1) is 24.6. The molecule has 2 saturated carbocycles. The molecule has 192 valence electrons. The summed E-state index contributed by atoms with van der Waals surface area (Å²) in [5.41, 5.74) is 0.942. The van der Waals surface area contributed by atoms with Crippen LogP contribution in [0.2, 0.25) is 0 Å². The van der Waals surface area contributed by atoms with Crippen LogP contribution >= 0.6 is 0 Å². The molecule has 0 unspecified atom stereocenters. The van der Waals surface area contributed by atoms with Gasteiger partial charge in [-0.2, -0.15) is 0 Å². The lowest BCUT2D eigenvalue weighted by Crippen LogP contribution is -2.56. The molecule has 5 rings (SSSR count). The van der Waals surface area contributed by atoms with Gasteiger partial charge >= 0.3 is 6.03 Å². The Balaban J connectivity index is 1.35. The van der Waals surface area contributed by atoms with Crippen LogP contribution in [0.4, 0.5) is 15.0 Å². The molecule has 0 radical (unpaired) electrons. The molecule has 0 atom stereocenters. The molecule has 9 heteroatoms. The number of carbonyl (C=O) groups is 2. The van der Waals surface area contributed by atoms with Crippen LogP contribution in [0.1, 0.15) is 50.5 Å². The third kappa shape index (κ3) is 4.45. The zero-order chi connectivity index (χ0) is 25.3. The monoisotopic (exact) mass is 494 g/mol. The number of rotatable bonds is 7. The van der Waals surface area contributed by atoms with Gasteiger partial charge in [-0.05, 0) is 64.1 Å². The highest BCUT2D eigenvalue weighted by Gasteiger charge is 2.55. The molecule has 2 heterocycles. The van der Waals surface area contributed by atoms with E-state index in [1.807, 2.05) is 6.07 Å². The lowest BCUT2D eigenvalue weighted by Gasteiger charge is -2.51. The van der Waals surface area contributed by atoms with E-state index < -0.39 is 11.7 Å². The fourth-order valence-electron chi connectivity index (χ4n) is 6.26. The number of anilines is 1. The molecule has 1 spiro atoms. The standard InChI is InChI=1S/C27H35FN6O2/c1-32(2)27(21-9-4-3-5-10-21)13-11-26(12-14-27)18-33(25(36)34(26)16-20-7-6-8-20)17-23(35)31-24-22(28)15-29-19-30-24/h3-5,9-10,15,19-20H,6-8,11-14,16-18H2,1-2H3,(H,29,30,31,35)/t26-,27+. The second-order valence-corrected chi connectivity index (χ2v) is 10.8. The third-order valence-corrected chi connectivity index (χ3v) is 8.66. The number of benzene rings is 1. The maximum atomic E-state index is 13.9. The number of urea groups is 1. The fourth-order valence-corrected chi connectivity index (χ4v) is 6.26. The van der Waals surface area contributed by atoms with Crippen molar-refractivity contribution in [2.24, 2.45) is 5.92 Å². The van der Waals surface area contributed by atoms with Crippen LogP contribution in [0.15, 0.2) is 42.9 Å². The van der Waals surface area contributed by atoms with Crippen molar-refractivity contribution < 1.29 is 14.0 Å². The Kier molecular flexibility index (Phi) is 6.68. The molecule has 3 fully saturated rings. The van der Waals surface area contributed by atoms with E-state index in [-0.39, 0.29) is 29.5 Å². The normalized spacial score (nSPS) is 26.5. The van der Waals surface area contributed by atoms with Crippen LogP contribution in [0, 0.1) is 11.7 Å². The van der Waals surface area contributed by atoms with Crippen molar-refractivity contribution in [1.82, 2.24) is 24.7 Å². The minimum Gasteiger partial charge on any atom is -0.317 e. The van der Waals surface area contributed by atoms with Crippen LogP contribution in [-0.4, -0.2) is 75.9 Å². The van der Waals surface area contributed by atoms with Crippen molar-refractivity contribution in [2.45, 2.75) is 56.0 Å². The van der Waals surface area contributed by atoms with Crippen molar-refractivity contribution in [2.75, 3.05) is 39.0 Å². The number of nitrogens with one attached hydrogen (secondary N) is 1. The van der Waals surface area contributed by atoms with Gasteiger partial charge in [-0.15, -0.1) is 0 Å². The number of hydrogen-bond acceptors (Lipinski definition) is 5. The van der Waals surface area contributed by atoms with Crippen molar-refractivity contribution in [3.8, 4) is 0 Å². The molecule has 8 nitrogen and oxygen atoms in total. The number of hydrogen-bond donors (Lipinski definition) is 1. The van der Waals surface area contributed by atoms with Crippen LogP contribution in [-0.2, 0) is 10.3 Å². The Bertz CT molecular complexity index is 1100. The van der Waals surface area contributed by atoms with E-state index in [4.69, 9.17) is 0 Å². The first-order valence-electron chi connectivity index (χ1n) is 12.9. The van der Waals surface area contributed by atoms with E-state index in [0.717, 1.165) is 51.3 Å². The first-order valence-corrected chi connectivity index (χ1v) is 12.9. The zero-order valence-corrected chi connectivity index (χ0v) is 21.1. The maximum absolute atomic E-state index is 13.9. The highest BCUT2D eigenvalue weighted by atomic mass is 19.1. The van der Waals surface area contributed by atoms with Gasteiger partial charge in [0.05, 0.1) is 11.7 Å². The molecule has 1 N–H and O–H groups in total. The van der Waals surface area contributed by atoms with Gasteiger partial charge in [0, 0.05) is 18.6 Å². The van der Waals surface area contributed by atoms with Crippen LogP contribution < -0.4 is 5.32 Å². The average molecular weight is 495 g/mol. The minimum atomic E-state index is -0.699. The molecule has 2 aliphatic carbocycles. The summed E-state index contributed by atoms with van der Waals surface area (Å²) in [7, 11) is 4.28. The van der Waals surface area contributed by atoms with Crippen LogP contribution in [0.25, 0.3) is 0 Å². The smallest absolute Gasteiger partial charge is 0.317 e. The van der Waals surface area contributed by atoms with Crippen LogP contribution in [0.3, 0.4) is 0 Å². The Morgan fingerprint density at radius 3 is 2.50 bits per heavy atom. The Morgan fingerprint density at radius 2 is 1.89 bits per heavy atom. The summed E-state index contributed by atoms with van der Waals surface area (Å²) in [5.74, 6) is -0.789. The summed E-state index contributed by atoms with van der Waals surface area (Å²) in [6.07, 6.45) is 9.32. The second kappa shape index (κ2) is 9.76. The Labute approximate surface area is 211 Å². The Morgan fingerprint density at radius 1 is 1.17 bits per heavy atom. The van der Waals surface area contributed by atoms with Crippen LogP contribution in [0.5, 0.6) is 0 Å². The zero-order valence-electron chi connectivity index (χ0n) is 21.1. The molecule has 3 aliphatic rings. The predicted octanol–water partition coefficient (Wildman–Crippen LogP) is 3.86. The first-order chi connectivity index (χ1) is 17.3. The maximum Gasteiger partial charge on any atom is 0.321 e. The summed E-state index contributed by atoms with van der Waals surface area (Å²) in [4.78, 5) is 39.8. The van der Waals surface area contributed by atoms with E-state index >= 15 is 0 Å². The van der Waals surface area contributed by atoms with Gasteiger partial charge in [-0.3, -0.25) is 9.69 Å². The highest BCUT2D eigenvalue weighted by Crippen LogP contribution is 2.49. The molecule has 2 aromatic rings. The molecular weight excluding hydrogens is 459 g/mol. The second-order valence-electron chi connectivity index (χ2n) is 10.8. The van der Waals surface area contributed by atoms with E-state index in [2.05, 4.69) is 63.4 Å². The summed E-state index contributed by atoms with van der Waals surface area (Å²) in [6.45, 7) is 1.14. The van der Waals surface area contributed by atoms with Gasteiger partial charge in [-0.25, -0.2) is 19.2 Å². The number of amides is 3. The predicted molar refractivity (Wildman–Crippen MR) is 135 cm³/mol. The molecule has 3 amide bonds. The van der Waals surface area contributed by atoms with Gasteiger partial charge in [-0.1, -0.05) is 36.8 Å². The quantitative estimate of drug-likeness (QED) is 0.632. The van der Waals surface area contributed by atoms with E-state index in [1.165, 1.54) is 18.3 Å². The molecule has 1 saturated heterocycles. The Hall–Kier alpha value is -3.07. The van der Waals surface area contributed by atoms with Crippen molar-refractivity contribution in [3.63, 3.8) is 0 Å². The van der Waals surface area contributed by atoms with Gasteiger partial charge < -0.3 is 15.1 Å².